The zero-order chi connectivity index (χ0) is 14.0. The third-order valence-electron chi connectivity index (χ3n) is 2.45. The summed E-state index contributed by atoms with van der Waals surface area (Å²) < 4.78 is 0. The zero-order valence-corrected chi connectivity index (χ0v) is 11.0. The highest BCUT2D eigenvalue weighted by Crippen LogP contribution is 2.25. The number of anilines is 1. The van der Waals surface area contributed by atoms with Crippen molar-refractivity contribution < 1.29 is 14.4 Å². The molecular formula is C11H9Cl2N3O3. The standard InChI is InChI=1S/C11H9Cl2N3O3/c12-6-2-1-5(3-7(6)13)14-9(17)4-8-10(18)16-11(19)15-8/h1-3,8H,4H2,(H,14,17)(H2,15,16,18,19). The van der Waals surface area contributed by atoms with Gasteiger partial charge in [-0.3, -0.25) is 14.9 Å². The lowest BCUT2D eigenvalue weighted by Gasteiger charge is -2.09. The Kier molecular flexibility index (Phi) is 3.92. The second-order valence-corrected chi connectivity index (χ2v) is 4.71. The molecule has 0 spiro atoms. The predicted octanol–water partition coefficient (Wildman–Crippen LogP) is 1.53. The van der Waals surface area contributed by atoms with Crippen molar-refractivity contribution in [2.75, 3.05) is 5.32 Å². The van der Waals surface area contributed by atoms with Gasteiger partial charge in [0.25, 0.3) is 5.91 Å². The molecule has 0 aromatic heterocycles. The maximum atomic E-state index is 11.7. The van der Waals surface area contributed by atoms with E-state index in [9.17, 15) is 14.4 Å². The van der Waals surface area contributed by atoms with E-state index in [1.165, 1.54) is 6.07 Å². The molecule has 19 heavy (non-hydrogen) atoms. The molecule has 100 valence electrons. The topological polar surface area (TPSA) is 87.3 Å². The first-order valence-corrected chi connectivity index (χ1v) is 6.07. The fourth-order valence-corrected chi connectivity index (χ4v) is 1.87. The molecule has 0 bridgehead atoms. The van der Waals surface area contributed by atoms with Crippen LogP contribution in [0.4, 0.5) is 10.5 Å². The summed E-state index contributed by atoms with van der Waals surface area (Å²) in [4.78, 5) is 33.8. The van der Waals surface area contributed by atoms with Crippen molar-refractivity contribution in [1.82, 2.24) is 10.6 Å². The molecule has 1 fully saturated rings. The van der Waals surface area contributed by atoms with Gasteiger partial charge >= 0.3 is 6.03 Å². The smallest absolute Gasteiger partial charge is 0.322 e. The molecule has 4 amide bonds. The number of urea groups is 1. The van der Waals surface area contributed by atoms with Gasteiger partial charge in [0.2, 0.25) is 5.91 Å². The van der Waals surface area contributed by atoms with Crippen LogP contribution in [0.1, 0.15) is 6.42 Å². The minimum absolute atomic E-state index is 0.155. The average molecular weight is 302 g/mol. The van der Waals surface area contributed by atoms with E-state index < -0.39 is 23.9 Å². The Bertz CT molecular complexity index is 562. The first kappa shape index (κ1) is 13.6. The summed E-state index contributed by atoms with van der Waals surface area (Å²) >= 11 is 11.6. The van der Waals surface area contributed by atoms with Crippen LogP contribution in [0.3, 0.4) is 0 Å². The Morgan fingerprint density at radius 1 is 1.26 bits per heavy atom. The summed E-state index contributed by atoms with van der Waals surface area (Å²) in [6.07, 6.45) is -0.155. The van der Waals surface area contributed by atoms with E-state index in [4.69, 9.17) is 23.2 Å². The first-order valence-electron chi connectivity index (χ1n) is 5.32. The Labute approximate surface area is 118 Å². The molecule has 1 aromatic rings. The molecule has 3 N–H and O–H groups in total. The normalized spacial score (nSPS) is 17.9. The molecule has 0 radical (unpaired) electrons. The number of rotatable bonds is 3. The Morgan fingerprint density at radius 2 is 2.00 bits per heavy atom. The highest BCUT2D eigenvalue weighted by Gasteiger charge is 2.31. The molecule has 1 aliphatic heterocycles. The monoisotopic (exact) mass is 301 g/mol. The molecular weight excluding hydrogens is 293 g/mol. The molecule has 1 aliphatic rings. The fraction of sp³-hybridized carbons (Fsp3) is 0.182. The summed E-state index contributed by atoms with van der Waals surface area (Å²) in [5, 5.41) is 7.63. The second-order valence-electron chi connectivity index (χ2n) is 3.90. The van der Waals surface area contributed by atoms with Crippen molar-refractivity contribution in [2.45, 2.75) is 12.5 Å². The number of nitrogens with one attached hydrogen (secondary N) is 3. The van der Waals surface area contributed by atoms with Crippen LogP contribution in [0.5, 0.6) is 0 Å². The highest BCUT2D eigenvalue weighted by molar-refractivity contribution is 6.42. The van der Waals surface area contributed by atoms with Crippen LogP contribution < -0.4 is 16.0 Å². The van der Waals surface area contributed by atoms with E-state index in [0.29, 0.717) is 15.7 Å². The number of imide groups is 1. The van der Waals surface area contributed by atoms with Gasteiger partial charge in [0, 0.05) is 5.69 Å². The number of benzene rings is 1. The fourth-order valence-electron chi connectivity index (χ4n) is 1.57. The summed E-state index contributed by atoms with van der Waals surface area (Å²) in [6, 6.07) is 3.17. The predicted molar refractivity (Wildman–Crippen MR) is 70.2 cm³/mol. The molecule has 1 aromatic carbocycles. The van der Waals surface area contributed by atoms with Gasteiger partial charge in [-0.25, -0.2) is 4.79 Å². The number of carbonyl (C=O) groups excluding carboxylic acids is 3. The van der Waals surface area contributed by atoms with E-state index in [1.54, 1.807) is 12.1 Å². The molecule has 0 aliphatic carbocycles. The van der Waals surface area contributed by atoms with Gasteiger partial charge in [0.1, 0.15) is 6.04 Å². The number of hydrogen-bond donors (Lipinski definition) is 3. The molecule has 8 heteroatoms. The van der Waals surface area contributed by atoms with E-state index in [1.807, 2.05) is 5.32 Å². The SMILES string of the molecule is O=C(CC1NC(=O)NC1=O)Nc1ccc(Cl)c(Cl)c1. The van der Waals surface area contributed by atoms with Gasteiger partial charge < -0.3 is 10.6 Å². The van der Waals surface area contributed by atoms with Crippen LogP contribution in [-0.2, 0) is 9.59 Å². The molecule has 1 heterocycles. The second kappa shape index (κ2) is 5.46. The van der Waals surface area contributed by atoms with Crippen LogP contribution in [0.25, 0.3) is 0 Å². The van der Waals surface area contributed by atoms with Gasteiger partial charge in [-0.15, -0.1) is 0 Å². The van der Waals surface area contributed by atoms with Crippen molar-refractivity contribution >= 4 is 46.7 Å². The number of amides is 4. The molecule has 1 unspecified atom stereocenters. The summed E-state index contributed by atoms with van der Waals surface area (Å²) in [5.74, 6) is -0.935. The van der Waals surface area contributed by atoms with Gasteiger partial charge in [-0.2, -0.15) is 0 Å². The molecule has 1 atom stereocenters. The minimum Gasteiger partial charge on any atom is -0.326 e. The van der Waals surface area contributed by atoms with E-state index >= 15 is 0 Å². The van der Waals surface area contributed by atoms with E-state index in [0.717, 1.165) is 0 Å². The summed E-state index contributed by atoms with van der Waals surface area (Å²) in [7, 11) is 0. The highest BCUT2D eigenvalue weighted by atomic mass is 35.5. The summed E-state index contributed by atoms with van der Waals surface area (Å²) in [6.45, 7) is 0. The lowest BCUT2D eigenvalue weighted by Crippen LogP contribution is -2.33. The van der Waals surface area contributed by atoms with Crippen molar-refractivity contribution in [2.24, 2.45) is 0 Å². The Morgan fingerprint density at radius 3 is 2.58 bits per heavy atom. The largest absolute Gasteiger partial charge is 0.326 e. The van der Waals surface area contributed by atoms with Crippen LogP contribution in [-0.4, -0.2) is 23.9 Å². The van der Waals surface area contributed by atoms with Crippen LogP contribution in [0, 0.1) is 0 Å². The van der Waals surface area contributed by atoms with Crippen molar-refractivity contribution in [3.8, 4) is 0 Å². The average Bonchev–Trinajstić information content (AvgIpc) is 2.62. The van der Waals surface area contributed by atoms with E-state index in [-0.39, 0.29) is 6.42 Å². The maximum absolute atomic E-state index is 11.7. The first-order chi connectivity index (χ1) is 8.95. The van der Waals surface area contributed by atoms with Crippen LogP contribution in [0.15, 0.2) is 18.2 Å². The van der Waals surface area contributed by atoms with Gasteiger partial charge in [0.15, 0.2) is 0 Å². The number of hydrogen-bond acceptors (Lipinski definition) is 3. The quantitative estimate of drug-likeness (QED) is 0.740. The van der Waals surface area contributed by atoms with Gasteiger partial charge in [-0.05, 0) is 18.2 Å². The summed E-state index contributed by atoms with van der Waals surface area (Å²) in [5.41, 5.74) is 0.462. The lowest BCUT2D eigenvalue weighted by atomic mass is 10.2. The van der Waals surface area contributed by atoms with Crippen molar-refractivity contribution in [3.05, 3.63) is 28.2 Å². The zero-order valence-electron chi connectivity index (χ0n) is 9.50. The number of halogens is 2. The Balaban J connectivity index is 1.96. The molecule has 2 rings (SSSR count). The Hall–Kier alpha value is -1.79. The van der Waals surface area contributed by atoms with Gasteiger partial charge in [0.05, 0.1) is 16.5 Å². The maximum Gasteiger partial charge on any atom is 0.322 e. The van der Waals surface area contributed by atoms with Crippen molar-refractivity contribution in [1.29, 1.82) is 0 Å². The molecule has 1 saturated heterocycles. The third-order valence-corrected chi connectivity index (χ3v) is 3.19. The van der Waals surface area contributed by atoms with Crippen molar-refractivity contribution in [3.63, 3.8) is 0 Å². The van der Waals surface area contributed by atoms with Gasteiger partial charge in [-0.1, -0.05) is 23.2 Å². The van der Waals surface area contributed by atoms with Crippen LogP contribution in [0.2, 0.25) is 10.0 Å². The number of carbonyl (C=O) groups is 3. The van der Waals surface area contributed by atoms with Crippen LogP contribution >= 0.6 is 23.2 Å². The molecule has 6 nitrogen and oxygen atoms in total. The molecule has 0 saturated carbocycles. The minimum atomic E-state index is -0.852. The third kappa shape index (κ3) is 3.36. The van der Waals surface area contributed by atoms with E-state index in [2.05, 4.69) is 10.6 Å². The lowest BCUT2D eigenvalue weighted by molar-refractivity contribution is -0.124.